The van der Waals surface area contributed by atoms with Crippen LogP contribution >= 0.6 is 0 Å². The summed E-state index contributed by atoms with van der Waals surface area (Å²) in [6.07, 6.45) is 3.17. The topological polar surface area (TPSA) is 49.8 Å². The molecule has 0 bridgehead atoms. The summed E-state index contributed by atoms with van der Waals surface area (Å²) in [6, 6.07) is 17.0. The van der Waals surface area contributed by atoms with Gasteiger partial charge in [0.25, 0.3) is 5.91 Å². The average Bonchev–Trinajstić information content (AvgIpc) is 2.62. The van der Waals surface area contributed by atoms with Crippen LogP contribution < -0.4 is 4.74 Å². The van der Waals surface area contributed by atoms with Crippen LogP contribution in [0.25, 0.3) is 0 Å². The summed E-state index contributed by atoms with van der Waals surface area (Å²) in [5, 5.41) is 9.24. The second kappa shape index (κ2) is 7.86. The van der Waals surface area contributed by atoms with E-state index in [0.717, 1.165) is 32.4 Å². The Labute approximate surface area is 142 Å². The molecular weight excluding hydrogens is 302 g/mol. The molecule has 126 valence electrons. The number of aromatic hydroxyl groups is 1. The zero-order chi connectivity index (χ0) is 16.8. The number of nitrogens with zero attached hydrogens (tertiary/aromatic N) is 1. The molecule has 1 amide bonds. The third-order valence-electron chi connectivity index (χ3n) is 4.53. The number of carbonyl (C=O) groups is 1. The normalized spacial score (nSPS) is 15.2. The molecule has 0 unspecified atom stereocenters. The van der Waals surface area contributed by atoms with Gasteiger partial charge in [-0.2, -0.15) is 0 Å². The van der Waals surface area contributed by atoms with Crippen molar-refractivity contribution in [3.63, 3.8) is 0 Å². The molecular formula is C20H23NO3. The van der Waals surface area contributed by atoms with Gasteiger partial charge in [0.05, 0.1) is 0 Å². The zero-order valence-electron chi connectivity index (χ0n) is 13.7. The van der Waals surface area contributed by atoms with Crippen LogP contribution in [0.5, 0.6) is 11.5 Å². The maximum absolute atomic E-state index is 12.3. The summed E-state index contributed by atoms with van der Waals surface area (Å²) in [5.74, 6) is 1.46. The van der Waals surface area contributed by atoms with Crippen LogP contribution in [0.3, 0.4) is 0 Å². The van der Waals surface area contributed by atoms with Gasteiger partial charge < -0.3 is 14.7 Å². The highest BCUT2D eigenvalue weighted by atomic mass is 16.5. The van der Waals surface area contributed by atoms with E-state index < -0.39 is 0 Å². The Balaban J connectivity index is 1.42. The van der Waals surface area contributed by atoms with E-state index in [9.17, 15) is 9.90 Å². The molecule has 0 radical (unpaired) electrons. The summed E-state index contributed by atoms with van der Waals surface area (Å²) in [4.78, 5) is 14.1. The molecule has 4 heteroatoms. The Hall–Kier alpha value is -2.49. The lowest BCUT2D eigenvalue weighted by molar-refractivity contribution is -0.134. The van der Waals surface area contributed by atoms with Crippen LogP contribution in [0.2, 0.25) is 0 Å². The Bertz CT molecular complexity index is 646. The molecule has 3 rings (SSSR count). The van der Waals surface area contributed by atoms with Crippen LogP contribution in [-0.4, -0.2) is 35.6 Å². The van der Waals surface area contributed by atoms with Crippen molar-refractivity contribution in [1.82, 2.24) is 4.90 Å². The first-order valence-electron chi connectivity index (χ1n) is 8.44. The maximum Gasteiger partial charge on any atom is 0.260 e. The lowest BCUT2D eigenvalue weighted by Crippen LogP contribution is -2.41. The minimum atomic E-state index is 0.0289. The van der Waals surface area contributed by atoms with Gasteiger partial charge in [-0.3, -0.25) is 4.79 Å². The van der Waals surface area contributed by atoms with Gasteiger partial charge in [-0.25, -0.2) is 0 Å². The van der Waals surface area contributed by atoms with E-state index in [1.807, 2.05) is 11.0 Å². The van der Waals surface area contributed by atoms with Gasteiger partial charge in [-0.15, -0.1) is 0 Å². The van der Waals surface area contributed by atoms with E-state index in [0.29, 0.717) is 11.7 Å². The van der Waals surface area contributed by atoms with Crippen LogP contribution in [0.4, 0.5) is 0 Å². The first-order valence-corrected chi connectivity index (χ1v) is 8.44. The van der Waals surface area contributed by atoms with Crippen molar-refractivity contribution in [3.8, 4) is 11.5 Å². The fourth-order valence-electron chi connectivity index (χ4n) is 3.11. The summed E-state index contributed by atoms with van der Waals surface area (Å²) >= 11 is 0. The second-order valence-electron chi connectivity index (χ2n) is 6.30. The van der Waals surface area contributed by atoms with Crippen LogP contribution in [0.1, 0.15) is 18.4 Å². The van der Waals surface area contributed by atoms with Crippen LogP contribution in [-0.2, 0) is 11.2 Å². The molecule has 1 aliphatic heterocycles. The molecule has 2 aromatic carbocycles. The lowest BCUT2D eigenvalue weighted by atomic mass is 9.90. The molecule has 0 aliphatic carbocycles. The van der Waals surface area contributed by atoms with Crippen molar-refractivity contribution >= 4 is 5.91 Å². The molecule has 0 atom stereocenters. The molecule has 1 saturated heterocycles. The number of ether oxygens (including phenoxy) is 1. The molecule has 0 spiro atoms. The molecule has 1 heterocycles. The Morgan fingerprint density at radius 2 is 1.71 bits per heavy atom. The molecule has 1 fully saturated rings. The minimum absolute atomic E-state index is 0.0289. The van der Waals surface area contributed by atoms with Crippen LogP contribution in [0.15, 0.2) is 54.6 Å². The van der Waals surface area contributed by atoms with Crippen molar-refractivity contribution in [2.45, 2.75) is 19.3 Å². The average molecular weight is 325 g/mol. The maximum atomic E-state index is 12.3. The van der Waals surface area contributed by atoms with E-state index in [4.69, 9.17) is 4.74 Å². The van der Waals surface area contributed by atoms with E-state index >= 15 is 0 Å². The first-order chi connectivity index (χ1) is 11.7. The number of benzene rings is 2. The number of amides is 1. The van der Waals surface area contributed by atoms with Crippen molar-refractivity contribution in [1.29, 1.82) is 0 Å². The Morgan fingerprint density at radius 1 is 1.04 bits per heavy atom. The summed E-state index contributed by atoms with van der Waals surface area (Å²) in [5.41, 5.74) is 1.37. The Morgan fingerprint density at radius 3 is 2.38 bits per heavy atom. The number of rotatable bonds is 5. The SMILES string of the molecule is O=C(COc1ccc(O)cc1)N1CCC(Cc2ccccc2)CC1. The summed E-state index contributed by atoms with van der Waals surface area (Å²) in [6.45, 7) is 1.65. The van der Waals surface area contributed by atoms with E-state index in [2.05, 4.69) is 24.3 Å². The number of hydrogen-bond donors (Lipinski definition) is 1. The molecule has 4 nitrogen and oxygen atoms in total. The number of phenolic OH excluding ortho intramolecular Hbond substituents is 1. The zero-order valence-corrected chi connectivity index (χ0v) is 13.7. The quantitative estimate of drug-likeness (QED) is 0.918. The van der Waals surface area contributed by atoms with Crippen molar-refractivity contribution < 1.29 is 14.6 Å². The molecule has 1 N–H and O–H groups in total. The number of likely N-dealkylation sites (tertiary alicyclic amines) is 1. The van der Waals surface area contributed by atoms with E-state index in [-0.39, 0.29) is 18.3 Å². The standard InChI is InChI=1S/C20H23NO3/c22-18-6-8-19(9-7-18)24-15-20(23)21-12-10-17(11-13-21)14-16-4-2-1-3-5-16/h1-9,17,22H,10-15H2. The van der Waals surface area contributed by atoms with Gasteiger partial charge in [0, 0.05) is 13.1 Å². The third-order valence-corrected chi connectivity index (χ3v) is 4.53. The van der Waals surface area contributed by atoms with Crippen LogP contribution in [0, 0.1) is 5.92 Å². The predicted molar refractivity (Wildman–Crippen MR) is 93.1 cm³/mol. The fourth-order valence-corrected chi connectivity index (χ4v) is 3.11. The molecule has 0 saturated carbocycles. The third kappa shape index (κ3) is 4.51. The van der Waals surface area contributed by atoms with Crippen molar-refractivity contribution in [2.75, 3.05) is 19.7 Å². The number of carbonyl (C=O) groups excluding carboxylic acids is 1. The first kappa shape index (κ1) is 16.4. The van der Waals surface area contributed by atoms with E-state index in [1.54, 1.807) is 24.3 Å². The van der Waals surface area contributed by atoms with Gasteiger partial charge in [-0.1, -0.05) is 30.3 Å². The van der Waals surface area contributed by atoms with Gasteiger partial charge in [0.15, 0.2) is 6.61 Å². The molecule has 24 heavy (non-hydrogen) atoms. The van der Waals surface area contributed by atoms with Gasteiger partial charge in [0.1, 0.15) is 11.5 Å². The summed E-state index contributed by atoms with van der Waals surface area (Å²) < 4.78 is 5.50. The monoisotopic (exact) mass is 325 g/mol. The smallest absolute Gasteiger partial charge is 0.260 e. The van der Waals surface area contributed by atoms with Gasteiger partial charge >= 0.3 is 0 Å². The minimum Gasteiger partial charge on any atom is -0.508 e. The highest BCUT2D eigenvalue weighted by Gasteiger charge is 2.23. The Kier molecular flexibility index (Phi) is 5.36. The van der Waals surface area contributed by atoms with Gasteiger partial charge in [0.2, 0.25) is 0 Å². The fraction of sp³-hybridized carbons (Fsp3) is 0.350. The van der Waals surface area contributed by atoms with Gasteiger partial charge in [-0.05, 0) is 55.0 Å². The lowest BCUT2D eigenvalue weighted by Gasteiger charge is -2.32. The number of phenols is 1. The number of piperidine rings is 1. The van der Waals surface area contributed by atoms with Crippen molar-refractivity contribution in [2.24, 2.45) is 5.92 Å². The highest BCUT2D eigenvalue weighted by Crippen LogP contribution is 2.22. The number of hydrogen-bond acceptors (Lipinski definition) is 3. The largest absolute Gasteiger partial charge is 0.508 e. The highest BCUT2D eigenvalue weighted by molar-refractivity contribution is 5.77. The molecule has 0 aromatic heterocycles. The summed E-state index contributed by atoms with van der Waals surface area (Å²) in [7, 11) is 0. The van der Waals surface area contributed by atoms with E-state index in [1.165, 1.54) is 5.56 Å². The molecule has 1 aliphatic rings. The second-order valence-corrected chi connectivity index (χ2v) is 6.30. The predicted octanol–water partition coefficient (Wildman–Crippen LogP) is 3.25. The molecule has 2 aromatic rings. The van der Waals surface area contributed by atoms with Crippen molar-refractivity contribution in [3.05, 3.63) is 60.2 Å².